The first-order chi connectivity index (χ1) is 5.38. The molecule has 0 saturated carbocycles. The van der Waals surface area contributed by atoms with E-state index in [1.165, 1.54) is 12.2 Å². The third kappa shape index (κ3) is 4.15. The van der Waals surface area contributed by atoms with Crippen molar-refractivity contribution in [3.05, 3.63) is 22.8 Å². The van der Waals surface area contributed by atoms with Crippen molar-refractivity contribution in [1.29, 1.82) is 0 Å². The van der Waals surface area contributed by atoms with E-state index in [2.05, 4.69) is 0 Å². The van der Waals surface area contributed by atoms with Crippen molar-refractivity contribution in [2.75, 3.05) is 0 Å². The number of primary sulfonamides is 1. The largest absolute Gasteiger partial charge is 0.402 e. The highest BCUT2D eigenvalue weighted by atomic mass is 32.2. The molecule has 0 aromatic rings. The highest BCUT2D eigenvalue weighted by Gasteiger charge is 2.07. The highest BCUT2D eigenvalue weighted by molar-refractivity contribution is 7.93. The Labute approximate surface area is 73.0 Å². The van der Waals surface area contributed by atoms with E-state index in [-0.39, 0.29) is 4.91 Å². The van der Waals surface area contributed by atoms with Crippen LogP contribution in [0.4, 0.5) is 0 Å². The van der Waals surface area contributed by atoms with Crippen LogP contribution in [-0.4, -0.2) is 8.42 Å². The summed E-state index contributed by atoms with van der Waals surface area (Å²) < 4.78 is 21.6. The fraction of sp³-hybridized carbons (Fsp3) is 0.429. The van der Waals surface area contributed by atoms with Crippen molar-refractivity contribution in [2.45, 2.75) is 20.3 Å². The highest BCUT2D eigenvalue weighted by Crippen LogP contribution is 2.06. The van der Waals surface area contributed by atoms with Gasteiger partial charge in [-0.15, -0.1) is 0 Å². The number of allylic oxidation sites excluding steroid dienone is 4. The van der Waals surface area contributed by atoms with E-state index in [0.717, 1.165) is 0 Å². The van der Waals surface area contributed by atoms with Crippen LogP contribution in [0.2, 0.25) is 0 Å². The van der Waals surface area contributed by atoms with Gasteiger partial charge in [0.05, 0.1) is 4.91 Å². The minimum atomic E-state index is -3.55. The van der Waals surface area contributed by atoms with Gasteiger partial charge >= 0.3 is 0 Å². The van der Waals surface area contributed by atoms with Gasteiger partial charge in [-0.3, -0.25) is 0 Å². The van der Waals surface area contributed by atoms with E-state index >= 15 is 0 Å². The van der Waals surface area contributed by atoms with E-state index in [1.807, 2.05) is 0 Å². The topological polar surface area (TPSA) is 86.2 Å². The van der Waals surface area contributed by atoms with Crippen LogP contribution >= 0.6 is 0 Å². The second-order valence-corrected chi connectivity index (χ2v) is 4.06. The van der Waals surface area contributed by atoms with Crippen molar-refractivity contribution in [2.24, 2.45) is 10.9 Å². The van der Waals surface area contributed by atoms with Crippen LogP contribution in [0.1, 0.15) is 20.3 Å². The van der Waals surface area contributed by atoms with Crippen molar-refractivity contribution in [3.8, 4) is 0 Å². The Hall–Kier alpha value is -0.810. The number of hydrogen-bond donors (Lipinski definition) is 2. The van der Waals surface area contributed by atoms with Gasteiger partial charge < -0.3 is 5.73 Å². The molecule has 0 amide bonds. The molecule has 4 nitrogen and oxygen atoms in total. The van der Waals surface area contributed by atoms with Gasteiger partial charge in [0.2, 0.25) is 10.0 Å². The first kappa shape index (κ1) is 11.2. The Morgan fingerprint density at radius 2 is 1.92 bits per heavy atom. The van der Waals surface area contributed by atoms with Gasteiger partial charge in [0.15, 0.2) is 0 Å². The van der Waals surface area contributed by atoms with E-state index in [4.69, 9.17) is 10.9 Å². The van der Waals surface area contributed by atoms with Gasteiger partial charge in [-0.25, -0.2) is 13.6 Å². The summed E-state index contributed by atoms with van der Waals surface area (Å²) in [7, 11) is -3.55. The Morgan fingerprint density at radius 1 is 1.42 bits per heavy atom. The zero-order valence-electron chi connectivity index (χ0n) is 7.24. The number of hydrogen-bond acceptors (Lipinski definition) is 3. The number of nitrogens with two attached hydrogens (primary N) is 2. The molecule has 0 heterocycles. The Bertz CT molecular complexity index is 297. The summed E-state index contributed by atoms with van der Waals surface area (Å²) in [5, 5.41) is 4.91. The molecule has 0 rings (SSSR count). The summed E-state index contributed by atoms with van der Waals surface area (Å²) in [6.45, 7) is 3.39. The molecule has 4 N–H and O–H groups in total. The van der Waals surface area contributed by atoms with Crippen LogP contribution in [0, 0.1) is 0 Å². The minimum absolute atomic E-state index is 0.187. The molecule has 0 aliphatic carbocycles. The molecule has 12 heavy (non-hydrogen) atoms. The van der Waals surface area contributed by atoms with Crippen LogP contribution in [-0.2, 0) is 10.0 Å². The maximum atomic E-state index is 10.8. The molecule has 0 unspecified atom stereocenters. The summed E-state index contributed by atoms with van der Waals surface area (Å²) in [4.78, 5) is 0.187. The third-order valence-electron chi connectivity index (χ3n) is 1.25. The van der Waals surface area contributed by atoms with Gasteiger partial charge in [-0.2, -0.15) is 0 Å². The molecule has 0 atom stereocenters. The second kappa shape index (κ2) is 4.27. The molecule has 0 saturated heterocycles. The molecule has 0 aromatic carbocycles. The summed E-state index contributed by atoms with van der Waals surface area (Å²) in [5.74, 6) is 0. The lowest BCUT2D eigenvalue weighted by Crippen LogP contribution is -2.14. The third-order valence-corrected chi connectivity index (χ3v) is 2.40. The maximum Gasteiger partial charge on any atom is 0.234 e. The zero-order chi connectivity index (χ0) is 9.78. The molecule has 0 radical (unpaired) electrons. The van der Waals surface area contributed by atoms with Crippen LogP contribution < -0.4 is 10.9 Å². The monoisotopic (exact) mass is 190 g/mol. The predicted octanol–water partition coefficient (Wildman–Crippen LogP) is 0.431. The quantitative estimate of drug-likeness (QED) is 0.633. The molecule has 0 fully saturated rings. The fourth-order valence-electron chi connectivity index (χ4n) is 0.638. The first-order valence-corrected chi connectivity index (χ1v) is 5.08. The SMILES string of the molecule is CC/C(=C\C=C(/C)N)S(N)(=O)=O. The molecule has 70 valence electrons. The normalized spacial score (nSPS) is 14.9. The average molecular weight is 190 g/mol. The maximum absolute atomic E-state index is 10.8. The molecular weight excluding hydrogens is 176 g/mol. The zero-order valence-corrected chi connectivity index (χ0v) is 8.06. The van der Waals surface area contributed by atoms with E-state index in [0.29, 0.717) is 12.1 Å². The van der Waals surface area contributed by atoms with Crippen molar-refractivity contribution >= 4 is 10.0 Å². The van der Waals surface area contributed by atoms with Crippen molar-refractivity contribution in [3.63, 3.8) is 0 Å². The van der Waals surface area contributed by atoms with Crippen LogP contribution in [0.15, 0.2) is 22.8 Å². The summed E-state index contributed by atoms with van der Waals surface area (Å²) in [5.41, 5.74) is 5.87. The smallest absolute Gasteiger partial charge is 0.234 e. The molecule has 0 bridgehead atoms. The van der Waals surface area contributed by atoms with Crippen molar-refractivity contribution in [1.82, 2.24) is 0 Å². The van der Waals surface area contributed by atoms with E-state index < -0.39 is 10.0 Å². The molecule has 0 spiro atoms. The molecular formula is C7H14N2O2S. The van der Waals surface area contributed by atoms with Crippen molar-refractivity contribution < 1.29 is 8.42 Å². The van der Waals surface area contributed by atoms with Crippen LogP contribution in [0.25, 0.3) is 0 Å². The van der Waals surface area contributed by atoms with E-state index in [9.17, 15) is 8.42 Å². The average Bonchev–Trinajstić information content (AvgIpc) is 1.85. The lowest BCUT2D eigenvalue weighted by atomic mass is 10.3. The second-order valence-electron chi connectivity index (χ2n) is 2.44. The molecule has 0 aliphatic rings. The Balaban J connectivity index is 4.82. The Morgan fingerprint density at radius 3 is 2.17 bits per heavy atom. The van der Waals surface area contributed by atoms with Gasteiger partial charge in [-0.05, 0) is 25.5 Å². The molecule has 0 aromatic heterocycles. The van der Waals surface area contributed by atoms with Gasteiger partial charge in [-0.1, -0.05) is 6.92 Å². The lowest BCUT2D eigenvalue weighted by Gasteiger charge is -1.98. The number of sulfonamides is 1. The Kier molecular flexibility index (Phi) is 3.99. The minimum Gasteiger partial charge on any atom is -0.402 e. The van der Waals surface area contributed by atoms with Crippen LogP contribution in [0.3, 0.4) is 0 Å². The molecule has 5 heteroatoms. The first-order valence-electron chi connectivity index (χ1n) is 3.53. The van der Waals surface area contributed by atoms with Gasteiger partial charge in [0.25, 0.3) is 0 Å². The summed E-state index contributed by atoms with van der Waals surface area (Å²) in [6.07, 6.45) is 3.32. The lowest BCUT2D eigenvalue weighted by molar-refractivity contribution is 0.602. The van der Waals surface area contributed by atoms with E-state index in [1.54, 1.807) is 13.8 Å². The predicted molar refractivity (Wildman–Crippen MR) is 49.4 cm³/mol. The number of rotatable bonds is 3. The summed E-state index contributed by atoms with van der Waals surface area (Å²) in [6, 6.07) is 0. The van der Waals surface area contributed by atoms with Gasteiger partial charge in [0, 0.05) is 5.70 Å². The fourth-order valence-corrected chi connectivity index (χ4v) is 1.30. The van der Waals surface area contributed by atoms with Crippen LogP contribution in [0.5, 0.6) is 0 Å². The molecule has 0 aliphatic heterocycles. The standard InChI is InChI=1S/C7H14N2O2S/c1-3-7(12(9,10)11)5-4-6(2)8/h4-5H,3,8H2,1-2H3,(H2,9,10,11)/b6-4+,7-5+. The van der Waals surface area contributed by atoms with Gasteiger partial charge in [0.1, 0.15) is 0 Å². The summed E-state index contributed by atoms with van der Waals surface area (Å²) >= 11 is 0.